The lowest BCUT2D eigenvalue weighted by molar-refractivity contribution is -0.141. The Hall–Kier alpha value is -2.21. The van der Waals surface area contributed by atoms with Gasteiger partial charge in [-0.25, -0.2) is 23.0 Å². The number of hydrogen-bond acceptors (Lipinski definition) is 7. The van der Waals surface area contributed by atoms with Gasteiger partial charge in [-0.3, -0.25) is 10.0 Å². The fourth-order valence-corrected chi connectivity index (χ4v) is 7.81. The zero-order chi connectivity index (χ0) is 25.8. The molecule has 1 aromatic rings. The molecule has 200 valence electrons. The minimum atomic E-state index is -3.75. The SMILES string of the molecule is CN1CCCC(OC(=O)N2CCC(CS(=O)(=O)N3CCC(c4ccccc4)CC3)(C(=O)NO)CC2)C1. The molecular weight excluding hydrogens is 484 g/mol. The fraction of sp³-hybridized carbons (Fsp3) is 0.680. The van der Waals surface area contributed by atoms with E-state index in [1.165, 1.54) is 14.8 Å². The van der Waals surface area contributed by atoms with Crippen LogP contribution in [-0.4, -0.2) is 97.9 Å². The van der Waals surface area contributed by atoms with Gasteiger partial charge in [-0.05, 0) is 63.6 Å². The van der Waals surface area contributed by atoms with Crippen molar-refractivity contribution in [3.63, 3.8) is 0 Å². The third-order valence-electron chi connectivity index (χ3n) is 7.99. The number of likely N-dealkylation sites (N-methyl/N-ethyl adjacent to an activating group) is 1. The van der Waals surface area contributed by atoms with Crippen LogP contribution >= 0.6 is 0 Å². The van der Waals surface area contributed by atoms with Crippen molar-refractivity contribution in [3.05, 3.63) is 35.9 Å². The molecule has 3 saturated heterocycles. The average molecular weight is 523 g/mol. The average Bonchev–Trinajstić information content (AvgIpc) is 2.89. The van der Waals surface area contributed by atoms with Crippen LogP contribution in [0, 0.1) is 5.41 Å². The molecule has 3 aliphatic heterocycles. The summed E-state index contributed by atoms with van der Waals surface area (Å²) >= 11 is 0. The standard InChI is InChI=1S/C25H38N4O6S/c1-27-13-5-8-22(18-27)35-24(31)28-16-11-25(12-17-28,23(30)26-32)19-36(33,34)29-14-9-21(10-15-29)20-6-3-2-4-7-20/h2-4,6-7,21-22,32H,5,8-19H2,1H3,(H,26,30). The van der Waals surface area contributed by atoms with E-state index in [-0.39, 0.29) is 32.0 Å². The molecule has 3 fully saturated rings. The van der Waals surface area contributed by atoms with Gasteiger partial charge < -0.3 is 14.5 Å². The molecule has 0 aromatic heterocycles. The highest BCUT2D eigenvalue weighted by molar-refractivity contribution is 7.89. The number of ether oxygens (including phenoxy) is 1. The van der Waals surface area contributed by atoms with Gasteiger partial charge in [-0.15, -0.1) is 0 Å². The van der Waals surface area contributed by atoms with E-state index in [2.05, 4.69) is 17.0 Å². The monoisotopic (exact) mass is 522 g/mol. The van der Waals surface area contributed by atoms with E-state index in [9.17, 15) is 23.2 Å². The molecule has 2 N–H and O–H groups in total. The van der Waals surface area contributed by atoms with E-state index in [0.717, 1.165) is 32.2 Å². The van der Waals surface area contributed by atoms with Crippen molar-refractivity contribution in [1.82, 2.24) is 19.6 Å². The summed E-state index contributed by atoms with van der Waals surface area (Å²) in [5, 5.41) is 9.42. The molecule has 1 unspecified atom stereocenters. The molecule has 11 heteroatoms. The maximum Gasteiger partial charge on any atom is 0.410 e. The quantitative estimate of drug-likeness (QED) is 0.433. The van der Waals surface area contributed by atoms with Crippen LogP contribution in [0.2, 0.25) is 0 Å². The number of nitrogens with zero attached hydrogens (tertiary/aromatic N) is 3. The van der Waals surface area contributed by atoms with Crippen LogP contribution in [0.5, 0.6) is 0 Å². The Bertz CT molecular complexity index is 1000. The van der Waals surface area contributed by atoms with Gasteiger partial charge in [0.25, 0.3) is 5.91 Å². The number of carbonyl (C=O) groups excluding carboxylic acids is 2. The molecule has 0 bridgehead atoms. The summed E-state index contributed by atoms with van der Waals surface area (Å²) in [6, 6.07) is 10.1. The Balaban J connectivity index is 1.36. The topological polar surface area (TPSA) is 119 Å². The van der Waals surface area contributed by atoms with Crippen molar-refractivity contribution in [3.8, 4) is 0 Å². The number of hydroxylamine groups is 1. The molecule has 0 spiro atoms. The molecule has 0 aliphatic carbocycles. The molecule has 3 aliphatic rings. The van der Waals surface area contributed by atoms with E-state index in [0.29, 0.717) is 25.6 Å². The minimum absolute atomic E-state index is 0.138. The van der Waals surface area contributed by atoms with Crippen molar-refractivity contribution < 1.29 is 28.0 Å². The summed E-state index contributed by atoms with van der Waals surface area (Å²) in [5.74, 6) is -0.795. The maximum absolute atomic E-state index is 13.4. The Morgan fingerprint density at radius 3 is 2.33 bits per heavy atom. The summed E-state index contributed by atoms with van der Waals surface area (Å²) in [6.45, 7) is 2.85. The Morgan fingerprint density at radius 1 is 1.06 bits per heavy atom. The van der Waals surface area contributed by atoms with E-state index in [1.807, 2.05) is 25.2 Å². The number of rotatable bonds is 6. The van der Waals surface area contributed by atoms with Crippen LogP contribution in [0.15, 0.2) is 30.3 Å². The number of hydrogen-bond donors (Lipinski definition) is 2. The lowest BCUT2D eigenvalue weighted by Gasteiger charge is -2.41. The Kier molecular flexibility index (Phi) is 8.54. The third kappa shape index (κ3) is 6.19. The lowest BCUT2D eigenvalue weighted by Crippen LogP contribution is -2.55. The second kappa shape index (κ2) is 11.5. The van der Waals surface area contributed by atoms with Gasteiger partial charge in [0.2, 0.25) is 10.0 Å². The number of benzene rings is 1. The van der Waals surface area contributed by atoms with Crippen molar-refractivity contribution >= 4 is 22.0 Å². The molecule has 2 amide bonds. The van der Waals surface area contributed by atoms with Gasteiger partial charge in [-0.1, -0.05) is 30.3 Å². The number of sulfonamides is 1. The molecule has 3 heterocycles. The first-order valence-corrected chi connectivity index (χ1v) is 14.4. The fourth-order valence-electron chi connectivity index (χ4n) is 5.74. The highest BCUT2D eigenvalue weighted by Crippen LogP contribution is 2.36. The first-order valence-electron chi connectivity index (χ1n) is 12.8. The van der Waals surface area contributed by atoms with Crippen molar-refractivity contribution in [1.29, 1.82) is 0 Å². The number of amides is 2. The van der Waals surface area contributed by atoms with Gasteiger partial charge in [0.1, 0.15) is 6.10 Å². The molecule has 36 heavy (non-hydrogen) atoms. The van der Waals surface area contributed by atoms with Crippen LogP contribution in [0.1, 0.15) is 50.0 Å². The number of carbonyl (C=O) groups is 2. The van der Waals surface area contributed by atoms with Crippen LogP contribution in [0.4, 0.5) is 4.79 Å². The van der Waals surface area contributed by atoms with E-state index in [1.54, 1.807) is 5.48 Å². The van der Waals surface area contributed by atoms with Gasteiger partial charge in [0.05, 0.1) is 11.2 Å². The summed E-state index contributed by atoms with van der Waals surface area (Å²) < 4.78 is 33.9. The molecule has 1 aromatic carbocycles. The molecule has 0 saturated carbocycles. The molecule has 4 rings (SSSR count). The number of likely N-dealkylation sites (tertiary alicyclic amines) is 2. The van der Waals surface area contributed by atoms with Gasteiger partial charge in [0.15, 0.2) is 0 Å². The third-order valence-corrected chi connectivity index (χ3v) is 10.1. The minimum Gasteiger partial charge on any atom is -0.445 e. The van der Waals surface area contributed by atoms with Gasteiger partial charge in [-0.2, -0.15) is 0 Å². The molecular formula is C25H38N4O6S. The summed E-state index contributed by atoms with van der Waals surface area (Å²) in [5.41, 5.74) is 1.59. The predicted molar refractivity (Wildman–Crippen MR) is 134 cm³/mol. The van der Waals surface area contributed by atoms with Gasteiger partial charge in [0, 0.05) is 32.7 Å². The predicted octanol–water partition coefficient (Wildman–Crippen LogP) is 2.01. The van der Waals surface area contributed by atoms with E-state index in [4.69, 9.17) is 4.74 Å². The van der Waals surface area contributed by atoms with Crippen LogP contribution in [-0.2, 0) is 19.6 Å². The molecule has 1 atom stereocenters. The summed E-state index contributed by atoms with van der Waals surface area (Å²) in [6.07, 6.45) is 2.91. The first-order chi connectivity index (χ1) is 17.2. The second-order valence-electron chi connectivity index (χ2n) is 10.5. The Labute approximate surface area is 213 Å². The zero-order valence-corrected chi connectivity index (χ0v) is 21.8. The molecule has 0 radical (unpaired) electrons. The molecule has 10 nitrogen and oxygen atoms in total. The summed E-state index contributed by atoms with van der Waals surface area (Å²) in [7, 11) is -1.75. The second-order valence-corrected chi connectivity index (χ2v) is 12.4. The van der Waals surface area contributed by atoms with Crippen LogP contribution < -0.4 is 5.48 Å². The number of nitrogens with one attached hydrogen (secondary N) is 1. The van der Waals surface area contributed by atoms with Gasteiger partial charge >= 0.3 is 6.09 Å². The summed E-state index contributed by atoms with van der Waals surface area (Å²) in [4.78, 5) is 29.1. The highest BCUT2D eigenvalue weighted by Gasteiger charge is 2.47. The first kappa shape index (κ1) is 26.8. The van der Waals surface area contributed by atoms with E-state index < -0.39 is 33.2 Å². The van der Waals surface area contributed by atoms with Crippen LogP contribution in [0.25, 0.3) is 0 Å². The Morgan fingerprint density at radius 2 is 1.72 bits per heavy atom. The number of piperidine rings is 3. The van der Waals surface area contributed by atoms with Crippen molar-refractivity contribution in [2.24, 2.45) is 5.41 Å². The largest absolute Gasteiger partial charge is 0.445 e. The van der Waals surface area contributed by atoms with Crippen molar-refractivity contribution in [2.75, 3.05) is 52.1 Å². The smallest absolute Gasteiger partial charge is 0.410 e. The van der Waals surface area contributed by atoms with Crippen molar-refractivity contribution in [2.45, 2.75) is 50.5 Å². The normalized spacial score (nSPS) is 24.3. The lowest BCUT2D eigenvalue weighted by atomic mass is 9.79. The van der Waals surface area contributed by atoms with E-state index >= 15 is 0 Å². The maximum atomic E-state index is 13.4. The highest BCUT2D eigenvalue weighted by atomic mass is 32.2. The van der Waals surface area contributed by atoms with Crippen LogP contribution in [0.3, 0.4) is 0 Å². The zero-order valence-electron chi connectivity index (χ0n) is 21.0.